The van der Waals surface area contributed by atoms with Crippen LogP contribution in [0, 0.1) is 33.5 Å². The van der Waals surface area contributed by atoms with E-state index in [-0.39, 0.29) is 27.6 Å². The van der Waals surface area contributed by atoms with Gasteiger partial charge in [-0.2, -0.15) is 10.2 Å². The van der Waals surface area contributed by atoms with Gasteiger partial charge in [-0.15, -0.1) is 0 Å². The highest BCUT2D eigenvalue weighted by Gasteiger charge is 2.67. The van der Waals surface area contributed by atoms with Crippen molar-refractivity contribution in [3.05, 3.63) is 0 Å². The zero-order valence-electron chi connectivity index (χ0n) is 25.3. The fraction of sp³-hybridized carbons (Fsp3) is 0.900. The predicted molar refractivity (Wildman–Crippen MR) is 153 cm³/mol. The quantitative estimate of drug-likeness (QED) is 0.133. The Morgan fingerprint density at radius 3 is 2.34 bits per heavy atom. The second-order valence-corrected chi connectivity index (χ2v) is 17.1. The van der Waals surface area contributed by atoms with Gasteiger partial charge in [0.2, 0.25) is 0 Å². The fourth-order valence-electron chi connectivity index (χ4n) is 9.70. The number of hydrogen-bond donors (Lipinski definition) is 0. The van der Waals surface area contributed by atoms with E-state index in [4.69, 9.17) is 24.0 Å². The number of nitrogens with zero attached hydrogens (tertiary/aromatic N) is 2. The zero-order chi connectivity index (χ0) is 28.2. The molecule has 0 unspecified atom stereocenters. The summed E-state index contributed by atoms with van der Waals surface area (Å²) in [5.41, 5.74) is 2.16. The van der Waals surface area contributed by atoms with Gasteiger partial charge in [-0.05, 0) is 109 Å². The molecule has 0 aromatic carbocycles. The zero-order valence-corrected chi connectivity index (χ0v) is 26.2. The number of carbonyl (C=O) groups excluding carboxylic acids is 1. The molecule has 0 radical (unpaired) electrons. The van der Waals surface area contributed by atoms with Gasteiger partial charge < -0.3 is 13.8 Å². The number of esters is 1. The Morgan fingerprint density at radius 1 is 1.05 bits per heavy atom. The summed E-state index contributed by atoms with van der Waals surface area (Å²) in [6, 6.07) is 0. The molecule has 0 heterocycles. The van der Waals surface area contributed by atoms with E-state index in [0.717, 1.165) is 44.2 Å². The molecule has 4 saturated carbocycles. The summed E-state index contributed by atoms with van der Waals surface area (Å²) in [5.74, 6) is 0.992. The Labute approximate surface area is 230 Å². The van der Waals surface area contributed by atoms with Gasteiger partial charge in [0.05, 0.1) is 17.2 Å². The highest BCUT2D eigenvalue weighted by atomic mass is 31.2. The molecule has 4 fully saturated rings. The third-order valence-corrected chi connectivity index (χ3v) is 14.0. The molecule has 8 heteroatoms. The lowest BCUT2D eigenvalue weighted by molar-refractivity contribution is -0.187. The third kappa shape index (κ3) is 4.57. The summed E-state index contributed by atoms with van der Waals surface area (Å²) in [7, 11) is -0.374. The summed E-state index contributed by atoms with van der Waals surface area (Å²) in [6.07, 6.45) is 10.5. The van der Waals surface area contributed by atoms with E-state index in [1.54, 1.807) is 0 Å². The maximum atomic E-state index is 13.2. The first-order chi connectivity index (χ1) is 17.7. The lowest BCUT2D eigenvalue weighted by Gasteiger charge is -2.64. The van der Waals surface area contributed by atoms with Crippen molar-refractivity contribution in [2.75, 3.05) is 20.8 Å². The van der Waals surface area contributed by atoms with Crippen molar-refractivity contribution in [3.63, 3.8) is 0 Å². The topological polar surface area (TPSA) is 86.6 Å². The number of fused-ring (bicyclic) bond motifs is 3. The SMILES string of the molecule is CCOC(=O)[C@]1(C)CCC[C@@]2(C)[C@@H]3CC[C@@]4(C)C[C@]3(CC[C@@H]21)C/C4=N\N=C(/C)CC(C)(C)P(=O)(OC)OC. The Balaban J connectivity index is 1.59. The standard InChI is InChI=1S/C30H51N2O5P/c1-10-37-25(33)29(7)15-11-14-28(6)22(29)13-17-30-19-24(27(5,20-30)16-12-23(28)30)32-31-21(2)18-26(3,4)38(34,35-8)36-9/h22-23H,10-20H2,1-9H3/b31-21+,32-24+/t22-,23-,27-,28+,29+,30-/m0/s1. The van der Waals surface area contributed by atoms with Crippen LogP contribution < -0.4 is 0 Å². The highest BCUT2D eigenvalue weighted by Crippen LogP contribution is 2.73. The van der Waals surface area contributed by atoms with Crippen LogP contribution in [-0.4, -0.2) is 43.4 Å². The van der Waals surface area contributed by atoms with Crippen LogP contribution >= 0.6 is 7.60 Å². The molecule has 6 atom stereocenters. The molecule has 4 rings (SSSR count). The Morgan fingerprint density at radius 2 is 1.71 bits per heavy atom. The average molecular weight is 551 g/mol. The molecule has 0 aromatic heterocycles. The Bertz CT molecular complexity index is 1050. The molecule has 216 valence electrons. The molecule has 4 aliphatic carbocycles. The number of hydrogen-bond acceptors (Lipinski definition) is 7. The molecule has 38 heavy (non-hydrogen) atoms. The van der Waals surface area contributed by atoms with Crippen molar-refractivity contribution in [2.24, 2.45) is 43.7 Å². The molecule has 0 saturated heterocycles. The first kappa shape index (κ1) is 29.9. The van der Waals surface area contributed by atoms with E-state index >= 15 is 0 Å². The van der Waals surface area contributed by atoms with Gasteiger partial charge in [-0.1, -0.05) is 20.3 Å². The first-order valence-electron chi connectivity index (χ1n) is 14.6. The van der Waals surface area contributed by atoms with Crippen LogP contribution in [0.1, 0.15) is 113 Å². The van der Waals surface area contributed by atoms with Crippen LogP contribution in [0.3, 0.4) is 0 Å². The number of ether oxygens (including phenoxy) is 1. The van der Waals surface area contributed by atoms with Crippen molar-refractivity contribution < 1.29 is 23.1 Å². The molecule has 7 nitrogen and oxygen atoms in total. The maximum Gasteiger partial charge on any atom is 0.336 e. The minimum absolute atomic E-state index is 0.0143. The molecule has 4 aliphatic rings. The van der Waals surface area contributed by atoms with E-state index in [2.05, 4.69) is 20.8 Å². The minimum atomic E-state index is -3.24. The summed E-state index contributed by atoms with van der Waals surface area (Å²) in [5, 5.41) is 8.91. The molecule has 0 N–H and O–H groups in total. The average Bonchev–Trinajstić information content (AvgIpc) is 3.05. The van der Waals surface area contributed by atoms with Crippen molar-refractivity contribution in [1.29, 1.82) is 0 Å². The lowest BCUT2D eigenvalue weighted by Crippen LogP contribution is -2.58. The molecule has 0 aliphatic heterocycles. The number of carbonyl (C=O) groups is 1. The summed E-state index contributed by atoms with van der Waals surface area (Å²) >= 11 is 0. The summed E-state index contributed by atoms with van der Waals surface area (Å²) in [4.78, 5) is 13.2. The van der Waals surface area contributed by atoms with Gasteiger partial charge in [0.15, 0.2) is 0 Å². The second-order valence-electron chi connectivity index (χ2n) is 14.2. The summed E-state index contributed by atoms with van der Waals surface area (Å²) < 4.78 is 29.2. The minimum Gasteiger partial charge on any atom is -0.466 e. The molecular weight excluding hydrogens is 499 g/mol. The van der Waals surface area contributed by atoms with E-state index in [9.17, 15) is 9.36 Å². The number of rotatable bonds is 8. The van der Waals surface area contributed by atoms with Crippen LogP contribution in [0.4, 0.5) is 0 Å². The van der Waals surface area contributed by atoms with Gasteiger partial charge >= 0.3 is 13.6 Å². The third-order valence-electron chi connectivity index (χ3n) is 11.4. The Hall–Kier alpha value is -1.04. The highest BCUT2D eigenvalue weighted by molar-refractivity contribution is 7.55. The van der Waals surface area contributed by atoms with Crippen LogP contribution in [0.2, 0.25) is 0 Å². The van der Waals surface area contributed by atoms with Crippen molar-refractivity contribution in [2.45, 2.75) is 118 Å². The predicted octanol–water partition coefficient (Wildman–Crippen LogP) is 7.82. The largest absolute Gasteiger partial charge is 0.466 e. The van der Waals surface area contributed by atoms with Crippen LogP contribution in [0.25, 0.3) is 0 Å². The van der Waals surface area contributed by atoms with E-state index in [0.29, 0.717) is 24.9 Å². The van der Waals surface area contributed by atoms with Crippen LogP contribution in [0.5, 0.6) is 0 Å². The van der Waals surface area contributed by atoms with E-state index < -0.39 is 12.8 Å². The molecule has 2 bridgehead atoms. The van der Waals surface area contributed by atoms with Crippen LogP contribution in [-0.2, 0) is 23.1 Å². The van der Waals surface area contributed by atoms with Gasteiger partial charge in [0, 0.05) is 37.5 Å². The fourth-order valence-corrected chi connectivity index (χ4v) is 11.3. The second kappa shape index (κ2) is 10.1. The first-order valence-corrected chi connectivity index (χ1v) is 16.2. The molecule has 0 amide bonds. The Kier molecular flexibility index (Phi) is 7.96. The molecular formula is C30H51N2O5P. The smallest absolute Gasteiger partial charge is 0.336 e. The molecule has 0 aromatic rings. The lowest BCUT2D eigenvalue weighted by atomic mass is 9.40. The van der Waals surface area contributed by atoms with Gasteiger partial charge in [0.1, 0.15) is 0 Å². The van der Waals surface area contributed by atoms with Gasteiger partial charge in [0.25, 0.3) is 0 Å². The van der Waals surface area contributed by atoms with Crippen molar-refractivity contribution in [3.8, 4) is 0 Å². The van der Waals surface area contributed by atoms with Crippen molar-refractivity contribution in [1.82, 2.24) is 0 Å². The molecule has 1 spiro atoms. The normalized spacial score (nSPS) is 40.6. The van der Waals surface area contributed by atoms with E-state index in [1.807, 2.05) is 27.7 Å². The van der Waals surface area contributed by atoms with Gasteiger partial charge in [-0.25, -0.2) is 0 Å². The van der Waals surface area contributed by atoms with Crippen molar-refractivity contribution >= 4 is 25.0 Å². The summed E-state index contributed by atoms with van der Waals surface area (Å²) in [6.45, 7) is 15.2. The monoisotopic (exact) mass is 550 g/mol. The maximum absolute atomic E-state index is 13.2. The van der Waals surface area contributed by atoms with Crippen LogP contribution in [0.15, 0.2) is 10.2 Å². The van der Waals surface area contributed by atoms with E-state index in [1.165, 1.54) is 39.2 Å². The van der Waals surface area contributed by atoms with Gasteiger partial charge in [-0.3, -0.25) is 9.36 Å².